The number of amides is 1. The van der Waals surface area contributed by atoms with Crippen molar-refractivity contribution in [3.05, 3.63) is 95.8 Å². The number of nitrogens with one attached hydrogen (secondary N) is 3. The van der Waals surface area contributed by atoms with Gasteiger partial charge in [0.1, 0.15) is 16.9 Å². The van der Waals surface area contributed by atoms with E-state index in [2.05, 4.69) is 35.5 Å². The van der Waals surface area contributed by atoms with E-state index in [9.17, 15) is 9.59 Å². The van der Waals surface area contributed by atoms with Crippen LogP contribution in [-0.2, 0) is 0 Å². The van der Waals surface area contributed by atoms with Gasteiger partial charge in [-0.05, 0) is 37.3 Å². The minimum absolute atomic E-state index is 0.0173. The highest BCUT2D eigenvalue weighted by atomic mass is 32.1. The van der Waals surface area contributed by atoms with E-state index in [1.54, 1.807) is 48.8 Å². The molecule has 6 aromatic heterocycles. The van der Waals surface area contributed by atoms with Crippen molar-refractivity contribution in [2.45, 2.75) is 6.92 Å². The molecule has 0 saturated heterocycles. The number of fused-ring (bicyclic) bond motifs is 2. The van der Waals surface area contributed by atoms with Gasteiger partial charge in [0.25, 0.3) is 5.91 Å². The highest BCUT2D eigenvalue weighted by Gasteiger charge is 2.22. The highest BCUT2D eigenvalue weighted by Crippen LogP contribution is 2.36. The Morgan fingerprint density at radius 2 is 1.76 bits per heavy atom. The van der Waals surface area contributed by atoms with Crippen LogP contribution in [0.25, 0.3) is 55.2 Å². The molecule has 0 saturated carbocycles. The smallest absolute Gasteiger partial charge is 0.255 e. The molecule has 0 aliphatic rings. The second kappa shape index (κ2) is 10.1. The van der Waals surface area contributed by atoms with E-state index in [4.69, 9.17) is 4.98 Å². The fourth-order valence-electron chi connectivity index (χ4n) is 4.68. The molecule has 6 heterocycles. The molecule has 0 atom stereocenters. The number of benzene rings is 1. The van der Waals surface area contributed by atoms with Crippen LogP contribution in [0.15, 0.2) is 79.5 Å². The number of aromatic nitrogens is 7. The number of aromatic amines is 2. The first-order valence-electron chi connectivity index (χ1n) is 12.8. The lowest BCUT2D eigenvalue weighted by atomic mass is 10.1. The van der Waals surface area contributed by atoms with Gasteiger partial charge < -0.3 is 10.3 Å². The first kappa shape index (κ1) is 25.4. The molecule has 0 unspecified atom stereocenters. The average Bonchev–Trinajstić information content (AvgIpc) is 3.76. The molecule has 1 amide bonds. The number of carbonyl (C=O) groups is 2. The molecule has 42 heavy (non-hydrogen) atoms. The van der Waals surface area contributed by atoms with Crippen LogP contribution in [0.2, 0.25) is 0 Å². The van der Waals surface area contributed by atoms with Crippen LogP contribution in [-0.4, -0.2) is 46.8 Å². The van der Waals surface area contributed by atoms with E-state index in [0.29, 0.717) is 44.1 Å². The van der Waals surface area contributed by atoms with Gasteiger partial charge in [0, 0.05) is 34.0 Å². The Bertz CT molecular complexity index is 2150. The number of H-pyrrole nitrogens is 2. The summed E-state index contributed by atoms with van der Waals surface area (Å²) in [4.78, 5) is 46.7. The molecule has 7 aromatic rings. The van der Waals surface area contributed by atoms with Crippen molar-refractivity contribution in [1.29, 1.82) is 0 Å². The van der Waals surface area contributed by atoms with Crippen molar-refractivity contribution in [2.24, 2.45) is 0 Å². The molecular weight excluding hydrogens is 555 g/mol. The third-order valence-corrected chi connectivity index (χ3v) is 7.91. The minimum Gasteiger partial charge on any atom is -0.335 e. The Kier molecular flexibility index (Phi) is 6.09. The van der Waals surface area contributed by atoms with Crippen LogP contribution in [0.1, 0.15) is 27.0 Å². The molecule has 10 nitrogen and oxygen atoms in total. The van der Waals surface area contributed by atoms with Gasteiger partial charge in [-0.3, -0.25) is 29.6 Å². The summed E-state index contributed by atoms with van der Waals surface area (Å²) in [7, 11) is 0. The fraction of sp³-hybridized carbons (Fsp3) is 0.0333. The molecule has 0 fully saturated rings. The Balaban J connectivity index is 1.27. The van der Waals surface area contributed by atoms with Crippen LogP contribution in [0.4, 0.5) is 10.1 Å². The molecule has 1 aromatic carbocycles. The van der Waals surface area contributed by atoms with E-state index in [1.165, 1.54) is 36.9 Å². The molecule has 0 aliphatic heterocycles. The maximum absolute atomic E-state index is 16.1. The number of ketones is 1. The Hall–Kier alpha value is -5.62. The molecule has 7 rings (SSSR count). The topological polar surface area (TPSA) is 142 Å². The first-order chi connectivity index (χ1) is 20.5. The van der Waals surface area contributed by atoms with Crippen molar-refractivity contribution in [2.75, 3.05) is 5.32 Å². The summed E-state index contributed by atoms with van der Waals surface area (Å²) >= 11 is 1.36. The lowest BCUT2D eigenvalue weighted by Crippen LogP contribution is -2.11. The molecule has 0 spiro atoms. The Morgan fingerprint density at radius 1 is 0.929 bits per heavy atom. The summed E-state index contributed by atoms with van der Waals surface area (Å²) in [5.74, 6) is -0.606. The van der Waals surface area contributed by atoms with Crippen molar-refractivity contribution in [3.8, 4) is 33.2 Å². The summed E-state index contributed by atoms with van der Waals surface area (Å²) in [6.07, 6.45) is 7.77. The minimum atomic E-state index is -0.618. The van der Waals surface area contributed by atoms with Gasteiger partial charge in [-0.2, -0.15) is 5.10 Å². The second-order valence-corrected chi connectivity index (χ2v) is 10.5. The number of thiophene rings is 1. The standard InChI is InChI=1S/C30H19FN8O2S/c1-15(40)22-7-8-23(42-22)19-12-33-13-21-27(19)37-29(36-21)28-24-20(38-39-28)14-34-26(25(24)31)17-9-18(11-32-10-17)35-30(41)16-5-3-2-4-6-16/h2-14H,1H3,(H,35,41)(H,36,37)(H,38,39). The SMILES string of the molecule is CC(=O)c1ccc(-c2cncc3[nH]c(-c4n[nH]c5cnc(-c6cncc(NC(=O)c7ccccc7)c6)c(F)c45)nc23)s1. The molecular formula is C30H19FN8O2S. The molecule has 12 heteroatoms. The van der Waals surface area contributed by atoms with Gasteiger partial charge in [0.05, 0.1) is 45.6 Å². The van der Waals surface area contributed by atoms with Crippen LogP contribution >= 0.6 is 11.3 Å². The zero-order chi connectivity index (χ0) is 28.8. The third-order valence-electron chi connectivity index (χ3n) is 6.69. The van der Waals surface area contributed by atoms with Gasteiger partial charge >= 0.3 is 0 Å². The lowest BCUT2D eigenvalue weighted by Gasteiger charge is -2.08. The number of hydrogen-bond acceptors (Lipinski definition) is 8. The second-order valence-electron chi connectivity index (χ2n) is 9.45. The molecule has 204 valence electrons. The van der Waals surface area contributed by atoms with Crippen molar-refractivity contribution >= 4 is 50.7 Å². The molecule has 0 bridgehead atoms. The number of imidazole rings is 1. The zero-order valence-electron chi connectivity index (χ0n) is 21.8. The Morgan fingerprint density at radius 3 is 2.57 bits per heavy atom. The number of nitrogens with zero attached hydrogens (tertiary/aromatic N) is 5. The first-order valence-corrected chi connectivity index (χ1v) is 13.6. The van der Waals surface area contributed by atoms with Gasteiger partial charge in [0.2, 0.25) is 0 Å². The highest BCUT2D eigenvalue weighted by molar-refractivity contribution is 7.17. The quantitative estimate of drug-likeness (QED) is 0.198. The van der Waals surface area contributed by atoms with E-state index in [1.807, 2.05) is 12.1 Å². The maximum Gasteiger partial charge on any atom is 0.255 e. The third kappa shape index (κ3) is 4.39. The van der Waals surface area contributed by atoms with Gasteiger partial charge in [0.15, 0.2) is 17.4 Å². The van der Waals surface area contributed by atoms with Gasteiger partial charge in [-0.15, -0.1) is 11.3 Å². The molecule has 0 radical (unpaired) electrons. The van der Waals surface area contributed by atoms with Crippen LogP contribution < -0.4 is 5.32 Å². The van der Waals surface area contributed by atoms with Crippen LogP contribution in [0, 0.1) is 5.82 Å². The average molecular weight is 575 g/mol. The van der Waals surface area contributed by atoms with E-state index in [0.717, 1.165) is 10.4 Å². The normalized spacial score (nSPS) is 11.3. The monoisotopic (exact) mass is 574 g/mol. The Labute approximate surface area is 240 Å². The van der Waals surface area contributed by atoms with Crippen molar-refractivity contribution in [1.82, 2.24) is 35.1 Å². The number of hydrogen-bond donors (Lipinski definition) is 3. The number of anilines is 1. The van der Waals surface area contributed by atoms with Gasteiger partial charge in [-0.25, -0.2) is 9.37 Å². The number of pyridine rings is 3. The largest absolute Gasteiger partial charge is 0.335 e. The lowest BCUT2D eigenvalue weighted by molar-refractivity contribution is 0.101. The van der Waals surface area contributed by atoms with E-state index >= 15 is 4.39 Å². The summed E-state index contributed by atoms with van der Waals surface area (Å²) in [6.45, 7) is 1.52. The molecule has 0 aliphatic carbocycles. The van der Waals surface area contributed by atoms with Crippen molar-refractivity contribution < 1.29 is 14.0 Å². The molecule has 3 N–H and O–H groups in total. The van der Waals surface area contributed by atoms with Crippen molar-refractivity contribution in [3.63, 3.8) is 0 Å². The number of Topliss-reactive ketones (excluding diaryl/α,β-unsaturated/α-hetero) is 1. The summed E-state index contributed by atoms with van der Waals surface area (Å²) in [6, 6.07) is 14.0. The summed E-state index contributed by atoms with van der Waals surface area (Å²) in [5.41, 5.74) is 3.96. The van der Waals surface area contributed by atoms with E-state index in [-0.39, 0.29) is 28.5 Å². The predicted octanol–water partition coefficient (Wildman–Crippen LogP) is 6.28. The van der Waals surface area contributed by atoms with E-state index < -0.39 is 5.82 Å². The summed E-state index contributed by atoms with van der Waals surface area (Å²) in [5, 5.41) is 10.2. The fourth-order valence-corrected chi connectivity index (χ4v) is 5.59. The van der Waals surface area contributed by atoms with Crippen LogP contribution in [0.5, 0.6) is 0 Å². The number of halogens is 1. The summed E-state index contributed by atoms with van der Waals surface area (Å²) < 4.78 is 16.1. The predicted molar refractivity (Wildman–Crippen MR) is 158 cm³/mol. The number of rotatable bonds is 6. The maximum atomic E-state index is 16.1. The number of carbonyl (C=O) groups excluding carboxylic acids is 2. The van der Waals surface area contributed by atoms with Gasteiger partial charge in [-0.1, -0.05) is 18.2 Å². The zero-order valence-corrected chi connectivity index (χ0v) is 22.7. The van der Waals surface area contributed by atoms with Crippen LogP contribution in [0.3, 0.4) is 0 Å².